The average Bonchev–Trinajstić information content (AvgIpc) is 2.73. The molecule has 2 aromatic carbocycles. The van der Waals surface area contributed by atoms with Crippen molar-refractivity contribution < 1.29 is 18.0 Å². The number of hydrogen-bond acceptors (Lipinski definition) is 3. The summed E-state index contributed by atoms with van der Waals surface area (Å²) in [5.74, 6) is -4.42. The molecular formula is C22H20F3N3O. The second-order valence-electron chi connectivity index (χ2n) is 6.82. The van der Waals surface area contributed by atoms with Crippen molar-refractivity contribution in [2.45, 2.75) is 26.4 Å². The molecule has 0 aliphatic rings. The van der Waals surface area contributed by atoms with Gasteiger partial charge >= 0.3 is 0 Å². The number of halogens is 3. The summed E-state index contributed by atoms with van der Waals surface area (Å²) in [5.41, 5.74) is 1.31. The number of nitrogens with zero attached hydrogens (tertiary/aromatic N) is 2. The van der Waals surface area contributed by atoms with E-state index < -0.39 is 17.5 Å². The quantitative estimate of drug-likeness (QED) is 0.573. The molecule has 150 valence electrons. The highest BCUT2D eigenvalue weighted by Crippen LogP contribution is 2.24. The molecule has 1 aromatic heterocycles. The van der Waals surface area contributed by atoms with Crippen LogP contribution < -0.4 is 5.32 Å². The molecule has 0 saturated heterocycles. The number of benzene rings is 2. The van der Waals surface area contributed by atoms with Gasteiger partial charge in [-0.2, -0.15) is 0 Å². The van der Waals surface area contributed by atoms with E-state index in [1.807, 2.05) is 44.2 Å². The molecule has 3 aromatic rings. The first-order valence-electron chi connectivity index (χ1n) is 9.07. The van der Waals surface area contributed by atoms with E-state index in [9.17, 15) is 18.0 Å². The third-order valence-corrected chi connectivity index (χ3v) is 4.38. The summed E-state index contributed by atoms with van der Waals surface area (Å²) < 4.78 is 40.5. The van der Waals surface area contributed by atoms with Crippen molar-refractivity contribution in [3.05, 3.63) is 89.5 Å². The second kappa shape index (κ2) is 8.77. The van der Waals surface area contributed by atoms with Gasteiger partial charge in [0.2, 0.25) is 0 Å². The molecule has 0 spiro atoms. The first kappa shape index (κ1) is 20.4. The van der Waals surface area contributed by atoms with Crippen LogP contribution in [0, 0.1) is 17.5 Å². The standard InChI is InChI=1S/C22H20F3N3O/c1-14(2)28(13-15-6-4-3-5-7-15)22(29)16-10-17(12-26-11-16)27-19-9-8-18(23)20(24)21(19)25/h3-12,14,27H,13H2,1-2H3. The monoisotopic (exact) mass is 399 g/mol. The van der Waals surface area contributed by atoms with Crippen molar-refractivity contribution in [3.8, 4) is 0 Å². The van der Waals surface area contributed by atoms with E-state index in [0.717, 1.165) is 17.7 Å². The largest absolute Gasteiger partial charge is 0.352 e. The fraction of sp³-hybridized carbons (Fsp3) is 0.182. The highest BCUT2D eigenvalue weighted by atomic mass is 19.2. The molecule has 0 bridgehead atoms. The fourth-order valence-corrected chi connectivity index (χ4v) is 2.84. The molecule has 0 unspecified atom stereocenters. The van der Waals surface area contributed by atoms with Gasteiger partial charge in [-0.1, -0.05) is 30.3 Å². The smallest absolute Gasteiger partial charge is 0.256 e. The van der Waals surface area contributed by atoms with E-state index in [4.69, 9.17) is 0 Å². The lowest BCUT2D eigenvalue weighted by molar-refractivity contribution is 0.0690. The molecule has 0 radical (unpaired) electrons. The van der Waals surface area contributed by atoms with E-state index in [1.165, 1.54) is 18.5 Å². The summed E-state index contributed by atoms with van der Waals surface area (Å²) >= 11 is 0. The van der Waals surface area contributed by atoms with Crippen LogP contribution in [-0.4, -0.2) is 21.8 Å². The Morgan fingerprint density at radius 3 is 2.45 bits per heavy atom. The highest BCUT2D eigenvalue weighted by molar-refractivity contribution is 5.95. The molecule has 1 heterocycles. The number of carbonyl (C=O) groups excluding carboxylic acids is 1. The van der Waals surface area contributed by atoms with E-state index in [2.05, 4.69) is 10.3 Å². The SMILES string of the molecule is CC(C)N(Cc1ccccc1)C(=O)c1cncc(Nc2ccc(F)c(F)c2F)c1. The predicted molar refractivity (Wildman–Crippen MR) is 105 cm³/mol. The number of carbonyl (C=O) groups is 1. The van der Waals surface area contributed by atoms with Crippen LogP contribution in [0.5, 0.6) is 0 Å². The van der Waals surface area contributed by atoms with Gasteiger partial charge in [0.05, 0.1) is 23.1 Å². The molecule has 7 heteroatoms. The third kappa shape index (κ3) is 4.74. The van der Waals surface area contributed by atoms with Gasteiger partial charge in [0.25, 0.3) is 5.91 Å². The number of rotatable bonds is 6. The lowest BCUT2D eigenvalue weighted by Gasteiger charge is -2.27. The van der Waals surface area contributed by atoms with Crippen LogP contribution in [0.4, 0.5) is 24.5 Å². The zero-order chi connectivity index (χ0) is 21.0. The summed E-state index contributed by atoms with van der Waals surface area (Å²) in [6.45, 7) is 4.24. The van der Waals surface area contributed by atoms with Gasteiger partial charge in [0.15, 0.2) is 17.5 Å². The number of hydrogen-bond donors (Lipinski definition) is 1. The Morgan fingerprint density at radius 1 is 1.03 bits per heavy atom. The normalized spacial score (nSPS) is 10.8. The first-order chi connectivity index (χ1) is 13.9. The molecule has 4 nitrogen and oxygen atoms in total. The van der Waals surface area contributed by atoms with Gasteiger partial charge in [-0.15, -0.1) is 0 Å². The number of aromatic nitrogens is 1. The molecule has 0 fully saturated rings. The van der Waals surface area contributed by atoms with Crippen LogP contribution in [-0.2, 0) is 6.54 Å². The Bertz CT molecular complexity index is 1010. The maximum Gasteiger partial charge on any atom is 0.256 e. The predicted octanol–water partition coefficient (Wildman–Crippen LogP) is 5.29. The van der Waals surface area contributed by atoms with Gasteiger partial charge in [0, 0.05) is 18.8 Å². The molecular weight excluding hydrogens is 379 g/mol. The molecule has 0 atom stereocenters. The van der Waals surface area contributed by atoms with Crippen molar-refractivity contribution in [2.75, 3.05) is 5.32 Å². The van der Waals surface area contributed by atoms with E-state index in [-0.39, 0.29) is 23.3 Å². The second-order valence-corrected chi connectivity index (χ2v) is 6.82. The maximum absolute atomic E-state index is 13.9. The highest BCUT2D eigenvalue weighted by Gasteiger charge is 2.20. The molecule has 0 aliphatic carbocycles. The van der Waals surface area contributed by atoms with Gasteiger partial charge in [0.1, 0.15) is 0 Å². The summed E-state index contributed by atoms with van der Waals surface area (Å²) in [5, 5.41) is 2.64. The van der Waals surface area contributed by atoms with Crippen LogP contribution in [0.15, 0.2) is 60.9 Å². The average molecular weight is 399 g/mol. The molecule has 3 rings (SSSR count). The third-order valence-electron chi connectivity index (χ3n) is 4.38. The molecule has 1 N–H and O–H groups in total. The Morgan fingerprint density at radius 2 is 1.76 bits per heavy atom. The first-order valence-corrected chi connectivity index (χ1v) is 9.07. The summed E-state index contributed by atoms with van der Waals surface area (Å²) in [7, 11) is 0. The Hall–Kier alpha value is -3.35. The number of anilines is 2. The molecule has 29 heavy (non-hydrogen) atoms. The van der Waals surface area contributed by atoms with Crippen LogP contribution >= 0.6 is 0 Å². The minimum absolute atomic E-state index is 0.0667. The van der Waals surface area contributed by atoms with E-state index in [1.54, 1.807) is 4.90 Å². The van der Waals surface area contributed by atoms with Crippen LogP contribution in [0.25, 0.3) is 0 Å². The Kier molecular flexibility index (Phi) is 6.16. The van der Waals surface area contributed by atoms with E-state index >= 15 is 0 Å². The topological polar surface area (TPSA) is 45.2 Å². The number of nitrogens with one attached hydrogen (secondary N) is 1. The minimum Gasteiger partial charge on any atom is -0.352 e. The van der Waals surface area contributed by atoms with Crippen molar-refractivity contribution >= 4 is 17.3 Å². The van der Waals surface area contributed by atoms with Crippen LogP contribution in [0.1, 0.15) is 29.8 Å². The minimum atomic E-state index is -1.57. The summed E-state index contributed by atoms with van der Waals surface area (Å²) in [4.78, 5) is 18.7. The Labute approximate surface area is 167 Å². The molecule has 1 amide bonds. The van der Waals surface area contributed by atoms with Crippen molar-refractivity contribution in [2.24, 2.45) is 0 Å². The van der Waals surface area contributed by atoms with Crippen molar-refractivity contribution in [3.63, 3.8) is 0 Å². The lowest BCUT2D eigenvalue weighted by atomic mass is 10.1. The Balaban J connectivity index is 1.84. The molecule has 0 saturated carbocycles. The zero-order valence-electron chi connectivity index (χ0n) is 16.0. The van der Waals surface area contributed by atoms with Crippen LogP contribution in [0.3, 0.4) is 0 Å². The zero-order valence-corrected chi connectivity index (χ0v) is 16.0. The maximum atomic E-state index is 13.9. The van der Waals surface area contributed by atoms with Gasteiger partial charge in [-0.3, -0.25) is 9.78 Å². The van der Waals surface area contributed by atoms with E-state index in [0.29, 0.717) is 12.1 Å². The van der Waals surface area contributed by atoms with Gasteiger partial charge in [-0.05, 0) is 37.6 Å². The number of amides is 1. The van der Waals surface area contributed by atoms with Crippen LogP contribution in [0.2, 0.25) is 0 Å². The van der Waals surface area contributed by atoms with Crippen molar-refractivity contribution in [1.29, 1.82) is 0 Å². The van der Waals surface area contributed by atoms with Crippen molar-refractivity contribution in [1.82, 2.24) is 9.88 Å². The summed E-state index contributed by atoms with van der Waals surface area (Å²) in [6.07, 6.45) is 2.78. The van der Waals surface area contributed by atoms with Gasteiger partial charge < -0.3 is 10.2 Å². The molecule has 0 aliphatic heterocycles. The fourth-order valence-electron chi connectivity index (χ4n) is 2.84. The summed E-state index contributed by atoms with van der Waals surface area (Å²) in [6, 6.07) is 12.9. The van der Waals surface area contributed by atoms with Gasteiger partial charge in [-0.25, -0.2) is 13.2 Å². The number of pyridine rings is 1. The lowest BCUT2D eigenvalue weighted by Crippen LogP contribution is -2.36.